The molecule has 0 unspecified atom stereocenters. The fourth-order valence-corrected chi connectivity index (χ4v) is 1.31. The Morgan fingerprint density at radius 2 is 2.00 bits per heavy atom. The third-order valence-corrected chi connectivity index (χ3v) is 4.21. The van der Waals surface area contributed by atoms with Gasteiger partial charge in [-0.3, -0.25) is 4.79 Å². The second-order valence-electron chi connectivity index (χ2n) is 2.60. The van der Waals surface area contributed by atoms with Crippen LogP contribution in [0.3, 0.4) is 0 Å². The van der Waals surface area contributed by atoms with Crippen molar-refractivity contribution < 1.29 is 4.79 Å². The maximum atomic E-state index is 11.5. The van der Waals surface area contributed by atoms with Gasteiger partial charge in [-0.2, -0.15) is 0 Å². The van der Waals surface area contributed by atoms with Gasteiger partial charge >= 0.3 is 0 Å². The summed E-state index contributed by atoms with van der Waals surface area (Å²) in [4.78, 5) is 11.5. The summed E-state index contributed by atoms with van der Waals surface area (Å²) in [6.45, 7) is 0.594. The van der Waals surface area contributed by atoms with E-state index >= 15 is 0 Å². The van der Waals surface area contributed by atoms with Gasteiger partial charge in [0.1, 0.15) is 0 Å². The molecule has 0 aliphatic carbocycles. The molecule has 0 atom stereocenters. The van der Waals surface area contributed by atoms with Crippen LogP contribution >= 0.6 is 45.2 Å². The molecule has 0 aliphatic heterocycles. The number of hydrogen-bond donors (Lipinski definition) is 1. The highest BCUT2D eigenvalue weighted by molar-refractivity contribution is 14.1. The highest BCUT2D eigenvalue weighted by atomic mass is 127. The lowest BCUT2D eigenvalue weighted by Crippen LogP contribution is -2.24. The van der Waals surface area contributed by atoms with Crippen LogP contribution in [0.1, 0.15) is 10.4 Å². The zero-order chi connectivity index (χ0) is 10.4. The summed E-state index contributed by atoms with van der Waals surface area (Å²) in [6, 6.07) is 9.21. The number of amides is 1. The van der Waals surface area contributed by atoms with Gasteiger partial charge in [0, 0.05) is 15.7 Å². The molecule has 0 saturated carbocycles. The molecular formula is C10H9I2NO. The molecular weight excluding hydrogens is 404 g/mol. The van der Waals surface area contributed by atoms with Crippen molar-refractivity contribution in [2.24, 2.45) is 0 Å². The summed E-state index contributed by atoms with van der Waals surface area (Å²) < 4.78 is 3.07. The van der Waals surface area contributed by atoms with Gasteiger partial charge in [0.15, 0.2) is 0 Å². The van der Waals surface area contributed by atoms with Gasteiger partial charge < -0.3 is 5.32 Å². The number of nitrogens with one attached hydrogen (secondary N) is 1. The number of carbonyl (C=O) groups is 1. The van der Waals surface area contributed by atoms with Gasteiger partial charge in [-0.05, 0) is 38.8 Å². The van der Waals surface area contributed by atoms with Crippen LogP contribution < -0.4 is 5.32 Å². The van der Waals surface area contributed by atoms with E-state index in [1.165, 1.54) is 0 Å². The number of halogens is 2. The standard InChI is InChI=1S/C10H9I2NO/c11-6-9(12)7-13-10(14)8-4-2-1-3-5-8/h1-6H,7H2,(H,13,14)/b9-6+. The minimum atomic E-state index is -0.0296. The van der Waals surface area contributed by atoms with Crippen molar-refractivity contribution in [2.45, 2.75) is 0 Å². The number of rotatable bonds is 3. The van der Waals surface area contributed by atoms with Crippen LogP contribution in [-0.4, -0.2) is 12.5 Å². The van der Waals surface area contributed by atoms with E-state index in [0.29, 0.717) is 12.1 Å². The van der Waals surface area contributed by atoms with Crippen molar-refractivity contribution in [3.63, 3.8) is 0 Å². The first-order chi connectivity index (χ1) is 6.74. The van der Waals surface area contributed by atoms with E-state index in [-0.39, 0.29) is 5.91 Å². The molecule has 1 aromatic carbocycles. The maximum absolute atomic E-state index is 11.5. The van der Waals surface area contributed by atoms with E-state index < -0.39 is 0 Å². The Kier molecular flexibility index (Phi) is 5.46. The Bertz CT molecular complexity index is 335. The Hall–Kier alpha value is -0.110. The van der Waals surface area contributed by atoms with Crippen molar-refractivity contribution in [2.75, 3.05) is 6.54 Å². The molecule has 14 heavy (non-hydrogen) atoms. The SMILES string of the molecule is O=C(NC/C(I)=C\I)c1ccccc1. The summed E-state index contributed by atoms with van der Waals surface area (Å²) in [5, 5.41) is 2.83. The summed E-state index contributed by atoms with van der Waals surface area (Å²) in [5.41, 5.74) is 0.699. The molecule has 0 spiro atoms. The van der Waals surface area contributed by atoms with E-state index in [1.807, 2.05) is 22.3 Å². The minimum Gasteiger partial charge on any atom is -0.347 e. The lowest BCUT2D eigenvalue weighted by molar-refractivity contribution is 0.0958. The molecule has 0 radical (unpaired) electrons. The first-order valence-corrected chi connectivity index (χ1v) is 6.34. The molecule has 0 aliphatic rings. The molecule has 0 fully saturated rings. The second kappa shape index (κ2) is 6.39. The van der Waals surface area contributed by atoms with Crippen molar-refractivity contribution in [3.05, 3.63) is 43.6 Å². The van der Waals surface area contributed by atoms with E-state index in [1.54, 1.807) is 12.1 Å². The van der Waals surface area contributed by atoms with Crippen LogP contribution in [0.15, 0.2) is 38.0 Å². The van der Waals surface area contributed by atoms with E-state index in [4.69, 9.17) is 0 Å². The highest BCUT2D eigenvalue weighted by Gasteiger charge is 2.02. The smallest absolute Gasteiger partial charge is 0.251 e. The van der Waals surface area contributed by atoms with Crippen LogP contribution in [0.5, 0.6) is 0 Å². The third-order valence-electron chi connectivity index (χ3n) is 1.57. The molecule has 0 bridgehead atoms. The van der Waals surface area contributed by atoms with Gasteiger partial charge in [0.2, 0.25) is 0 Å². The van der Waals surface area contributed by atoms with Gasteiger partial charge in [0.25, 0.3) is 5.91 Å². The van der Waals surface area contributed by atoms with Crippen LogP contribution in [0.4, 0.5) is 0 Å². The molecule has 1 aromatic rings. The van der Waals surface area contributed by atoms with Crippen LogP contribution in [0.2, 0.25) is 0 Å². The van der Waals surface area contributed by atoms with Gasteiger partial charge in [0.05, 0.1) is 0 Å². The van der Waals surface area contributed by atoms with E-state index in [0.717, 1.165) is 3.58 Å². The van der Waals surface area contributed by atoms with E-state index in [2.05, 4.69) is 50.5 Å². The fraction of sp³-hybridized carbons (Fsp3) is 0.100. The molecule has 0 heterocycles. The summed E-state index contributed by atoms with van der Waals surface area (Å²) in [5.74, 6) is -0.0296. The Labute approximate surface area is 110 Å². The topological polar surface area (TPSA) is 29.1 Å². The van der Waals surface area contributed by atoms with Crippen molar-refractivity contribution in [1.82, 2.24) is 5.32 Å². The summed E-state index contributed by atoms with van der Waals surface area (Å²) in [7, 11) is 0. The quantitative estimate of drug-likeness (QED) is 0.759. The third kappa shape index (κ3) is 3.95. The predicted molar refractivity (Wildman–Crippen MR) is 74.9 cm³/mol. The largest absolute Gasteiger partial charge is 0.347 e. The van der Waals surface area contributed by atoms with Crippen LogP contribution in [0, 0.1) is 0 Å². The fourth-order valence-electron chi connectivity index (χ4n) is 0.895. The first kappa shape index (κ1) is 12.0. The Morgan fingerprint density at radius 1 is 1.36 bits per heavy atom. The second-order valence-corrected chi connectivity index (χ2v) is 4.61. The maximum Gasteiger partial charge on any atom is 0.251 e. The van der Waals surface area contributed by atoms with Gasteiger partial charge in [-0.1, -0.05) is 40.8 Å². The molecule has 74 valence electrons. The van der Waals surface area contributed by atoms with Gasteiger partial charge in [-0.15, -0.1) is 0 Å². The average Bonchev–Trinajstić information content (AvgIpc) is 2.26. The lowest BCUT2D eigenvalue weighted by Gasteiger charge is -2.03. The Balaban J connectivity index is 2.52. The number of benzene rings is 1. The molecule has 2 nitrogen and oxygen atoms in total. The highest BCUT2D eigenvalue weighted by Crippen LogP contribution is 2.07. The van der Waals surface area contributed by atoms with Crippen LogP contribution in [-0.2, 0) is 0 Å². The lowest BCUT2D eigenvalue weighted by atomic mass is 10.2. The summed E-state index contributed by atoms with van der Waals surface area (Å²) >= 11 is 4.35. The first-order valence-electron chi connectivity index (χ1n) is 4.02. The number of carbonyl (C=O) groups excluding carboxylic acids is 1. The molecule has 1 rings (SSSR count). The predicted octanol–water partition coefficient (Wildman–Crippen LogP) is 3.13. The zero-order valence-corrected chi connectivity index (χ0v) is 11.7. The molecule has 1 amide bonds. The van der Waals surface area contributed by atoms with Crippen molar-refractivity contribution >= 4 is 51.1 Å². The molecule has 4 heteroatoms. The molecule has 0 saturated heterocycles. The van der Waals surface area contributed by atoms with Crippen molar-refractivity contribution in [1.29, 1.82) is 0 Å². The monoisotopic (exact) mass is 413 g/mol. The number of hydrogen-bond acceptors (Lipinski definition) is 1. The van der Waals surface area contributed by atoms with Crippen molar-refractivity contribution in [3.8, 4) is 0 Å². The zero-order valence-electron chi connectivity index (χ0n) is 7.34. The van der Waals surface area contributed by atoms with Gasteiger partial charge in [-0.25, -0.2) is 0 Å². The normalized spacial score (nSPS) is 11.1. The molecule has 0 aromatic heterocycles. The van der Waals surface area contributed by atoms with E-state index in [9.17, 15) is 4.79 Å². The van der Waals surface area contributed by atoms with Crippen LogP contribution in [0.25, 0.3) is 0 Å². The Morgan fingerprint density at radius 3 is 2.57 bits per heavy atom. The summed E-state index contributed by atoms with van der Waals surface area (Å²) in [6.07, 6.45) is 0. The average molecular weight is 413 g/mol. The minimum absolute atomic E-state index is 0.0296. The molecule has 1 N–H and O–H groups in total.